The van der Waals surface area contributed by atoms with Crippen molar-refractivity contribution in [3.05, 3.63) is 29.8 Å². The second-order valence-corrected chi connectivity index (χ2v) is 6.34. The lowest BCUT2D eigenvalue weighted by Gasteiger charge is -2.38. The van der Waals surface area contributed by atoms with Gasteiger partial charge in [0.05, 0.1) is 13.5 Å². The van der Waals surface area contributed by atoms with E-state index in [1.165, 1.54) is 25.7 Å². The number of nitrogens with zero attached hydrogens (tertiary/aromatic N) is 2. The van der Waals surface area contributed by atoms with Crippen molar-refractivity contribution in [3.63, 3.8) is 0 Å². The molecule has 1 amide bonds. The number of ether oxygens (including phenoxy) is 1. The Bertz CT molecular complexity index is 504. The van der Waals surface area contributed by atoms with Gasteiger partial charge in [0.2, 0.25) is 5.91 Å². The number of benzene rings is 1. The summed E-state index contributed by atoms with van der Waals surface area (Å²) in [6, 6.07) is 8.56. The summed E-state index contributed by atoms with van der Waals surface area (Å²) in [4.78, 5) is 17.1. The first-order valence-corrected chi connectivity index (χ1v) is 8.41. The molecule has 3 rings (SSSR count). The Morgan fingerprint density at radius 2 is 1.82 bits per heavy atom. The molecule has 0 aromatic heterocycles. The van der Waals surface area contributed by atoms with Gasteiger partial charge < -0.3 is 9.64 Å². The molecule has 120 valence electrons. The number of carbonyl (C=O) groups is 1. The molecular formula is C18H26N2O2. The van der Waals surface area contributed by atoms with Gasteiger partial charge in [-0.3, -0.25) is 9.69 Å². The molecule has 1 heterocycles. The monoisotopic (exact) mass is 302 g/mol. The molecule has 1 aliphatic carbocycles. The Morgan fingerprint density at radius 3 is 2.50 bits per heavy atom. The van der Waals surface area contributed by atoms with E-state index in [4.69, 9.17) is 4.74 Å². The summed E-state index contributed by atoms with van der Waals surface area (Å²) in [7, 11) is 1.66. The molecule has 1 aliphatic heterocycles. The van der Waals surface area contributed by atoms with E-state index in [0.717, 1.165) is 43.5 Å². The van der Waals surface area contributed by atoms with Gasteiger partial charge in [0, 0.05) is 37.8 Å². The summed E-state index contributed by atoms with van der Waals surface area (Å²) in [5.74, 6) is 1.02. The zero-order valence-electron chi connectivity index (χ0n) is 13.5. The van der Waals surface area contributed by atoms with E-state index < -0.39 is 0 Å². The lowest BCUT2D eigenvalue weighted by Crippen LogP contribution is -2.51. The van der Waals surface area contributed by atoms with Crippen molar-refractivity contribution < 1.29 is 9.53 Å². The smallest absolute Gasteiger partial charge is 0.227 e. The third kappa shape index (κ3) is 3.43. The molecule has 2 aliphatic rings. The fraction of sp³-hybridized carbons (Fsp3) is 0.611. The number of piperazine rings is 1. The quantitative estimate of drug-likeness (QED) is 0.856. The van der Waals surface area contributed by atoms with Gasteiger partial charge in [0.15, 0.2) is 0 Å². The van der Waals surface area contributed by atoms with E-state index >= 15 is 0 Å². The first kappa shape index (κ1) is 15.3. The number of hydrogen-bond donors (Lipinski definition) is 0. The van der Waals surface area contributed by atoms with Gasteiger partial charge in [0.1, 0.15) is 5.75 Å². The van der Waals surface area contributed by atoms with Crippen LogP contribution in [0.4, 0.5) is 0 Å². The predicted octanol–water partition coefficient (Wildman–Crippen LogP) is 2.32. The summed E-state index contributed by atoms with van der Waals surface area (Å²) >= 11 is 0. The minimum Gasteiger partial charge on any atom is -0.496 e. The molecule has 0 bridgehead atoms. The molecular weight excluding hydrogens is 276 g/mol. The van der Waals surface area contributed by atoms with Crippen LogP contribution >= 0.6 is 0 Å². The van der Waals surface area contributed by atoms with Crippen molar-refractivity contribution in [1.82, 2.24) is 9.80 Å². The normalized spacial score (nSPS) is 20.3. The van der Waals surface area contributed by atoms with Crippen LogP contribution in [0.25, 0.3) is 0 Å². The first-order valence-electron chi connectivity index (χ1n) is 8.41. The molecule has 0 N–H and O–H groups in total. The number of methoxy groups -OCH3 is 1. The van der Waals surface area contributed by atoms with Crippen molar-refractivity contribution >= 4 is 5.91 Å². The second kappa shape index (κ2) is 7.14. The maximum Gasteiger partial charge on any atom is 0.227 e. The minimum absolute atomic E-state index is 0.218. The first-order chi connectivity index (χ1) is 10.8. The molecule has 1 aromatic carbocycles. The molecule has 2 fully saturated rings. The zero-order chi connectivity index (χ0) is 15.4. The number of amides is 1. The standard InChI is InChI=1S/C18H26N2O2/c1-22-17-9-5-2-6-15(17)14-18(21)20-12-10-19(11-13-20)16-7-3-4-8-16/h2,5-6,9,16H,3-4,7-8,10-14H2,1H3. The fourth-order valence-electron chi connectivity index (χ4n) is 3.73. The van der Waals surface area contributed by atoms with Crippen LogP contribution in [-0.4, -0.2) is 55.0 Å². The molecule has 22 heavy (non-hydrogen) atoms. The number of hydrogen-bond acceptors (Lipinski definition) is 3. The van der Waals surface area contributed by atoms with Crippen LogP contribution in [0, 0.1) is 0 Å². The van der Waals surface area contributed by atoms with E-state index in [-0.39, 0.29) is 5.91 Å². The van der Waals surface area contributed by atoms with Crippen LogP contribution in [0.1, 0.15) is 31.2 Å². The van der Waals surface area contributed by atoms with E-state index in [1.807, 2.05) is 29.2 Å². The van der Waals surface area contributed by atoms with Crippen molar-refractivity contribution in [2.45, 2.75) is 38.1 Å². The third-order valence-corrected chi connectivity index (χ3v) is 5.04. The molecule has 1 aromatic rings. The Kier molecular flexibility index (Phi) is 4.98. The van der Waals surface area contributed by atoms with E-state index in [2.05, 4.69) is 4.90 Å². The number of carbonyl (C=O) groups excluding carboxylic acids is 1. The fourth-order valence-corrected chi connectivity index (χ4v) is 3.73. The minimum atomic E-state index is 0.218. The summed E-state index contributed by atoms with van der Waals surface area (Å²) in [5.41, 5.74) is 0.980. The number of rotatable bonds is 4. The molecule has 0 atom stereocenters. The Balaban J connectivity index is 1.53. The van der Waals surface area contributed by atoms with Crippen molar-refractivity contribution in [3.8, 4) is 5.75 Å². The van der Waals surface area contributed by atoms with Crippen LogP contribution in [0.3, 0.4) is 0 Å². The van der Waals surface area contributed by atoms with Crippen LogP contribution < -0.4 is 4.74 Å². The van der Waals surface area contributed by atoms with Gasteiger partial charge in [-0.05, 0) is 18.9 Å². The lowest BCUT2D eigenvalue weighted by atomic mass is 10.1. The van der Waals surface area contributed by atoms with Gasteiger partial charge in [-0.25, -0.2) is 0 Å². The molecule has 1 saturated heterocycles. The summed E-state index contributed by atoms with van der Waals surface area (Å²) in [6.45, 7) is 3.79. The highest BCUT2D eigenvalue weighted by Crippen LogP contribution is 2.24. The van der Waals surface area contributed by atoms with Crippen molar-refractivity contribution in [1.29, 1.82) is 0 Å². The van der Waals surface area contributed by atoms with Gasteiger partial charge in [-0.1, -0.05) is 31.0 Å². The Morgan fingerprint density at radius 1 is 1.14 bits per heavy atom. The van der Waals surface area contributed by atoms with Gasteiger partial charge >= 0.3 is 0 Å². The van der Waals surface area contributed by atoms with E-state index in [9.17, 15) is 4.79 Å². The van der Waals surface area contributed by atoms with Gasteiger partial charge in [0.25, 0.3) is 0 Å². The molecule has 1 saturated carbocycles. The van der Waals surface area contributed by atoms with Crippen LogP contribution in [0.15, 0.2) is 24.3 Å². The largest absolute Gasteiger partial charge is 0.496 e. The van der Waals surface area contributed by atoms with Gasteiger partial charge in [-0.15, -0.1) is 0 Å². The average Bonchev–Trinajstić information content (AvgIpc) is 3.10. The lowest BCUT2D eigenvalue weighted by molar-refractivity contribution is -0.132. The summed E-state index contributed by atoms with van der Waals surface area (Å²) in [5, 5.41) is 0. The highest BCUT2D eigenvalue weighted by atomic mass is 16.5. The van der Waals surface area contributed by atoms with E-state index in [0.29, 0.717) is 6.42 Å². The highest BCUT2D eigenvalue weighted by Gasteiger charge is 2.27. The average molecular weight is 302 g/mol. The molecule has 4 nitrogen and oxygen atoms in total. The van der Waals surface area contributed by atoms with Crippen molar-refractivity contribution in [2.24, 2.45) is 0 Å². The van der Waals surface area contributed by atoms with Crippen LogP contribution in [-0.2, 0) is 11.2 Å². The maximum absolute atomic E-state index is 12.5. The SMILES string of the molecule is COc1ccccc1CC(=O)N1CCN(C2CCCC2)CC1. The molecule has 0 unspecified atom stereocenters. The summed E-state index contributed by atoms with van der Waals surface area (Å²) < 4.78 is 5.34. The van der Waals surface area contributed by atoms with Crippen molar-refractivity contribution in [2.75, 3.05) is 33.3 Å². The number of para-hydroxylation sites is 1. The Hall–Kier alpha value is -1.55. The topological polar surface area (TPSA) is 32.8 Å². The van der Waals surface area contributed by atoms with Crippen LogP contribution in [0.2, 0.25) is 0 Å². The third-order valence-electron chi connectivity index (χ3n) is 5.04. The zero-order valence-corrected chi connectivity index (χ0v) is 13.5. The Labute approximate surface area is 133 Å². The van der Waals surface area contributed by atoms with E-state index in [1.54, 1.807) is 7.11 Å². The highest BCUT2D eigenvalue weighted by molar-refractivity contribution is 5.79. The maximum atomic E-state index is 12.5. The molecule has 4 heteroatoms. The second-order valence-electron chi connectivity index (χ2n) is 6.34. The predicted molar refractivity (Wildman–Crippen MR) is 87.1 cm³/mol. The summed E-state index contributed by atoms with van der Waals surface area (Å²) in [6.07, 6.45) is 5.87. The molecule has 0 spiro atoms. The molecule has 0 radical (unpaired) electrons. The van der Waals surface area contributed by atoms with Crippen LogP contribution in [0.5, 0.6) is 5.75 Å². The van der Waals surface area contributed by atoms with Gasteiger partial charge in [-0.2, -0.15) is 0 Å².